The molecule has 1 aromatic heterocycles. The summed E-state index contributed by atoms with van der Waals surface area (Å²) in [4.78, 5) is 22.0. The van der Waals surface area contributed by atoms with Gasteiger partial charge < -0.3 is 15.5 Å². The number of aliphatic hydroxyl groups is 1. The van der Waals surface area contributed by atoms with Gasteiger partial charge in [0.1, 0.15) is 10.0 Å². The Balaban J connectivity index is 2.02. The molecule has 0 aliphatic carbocycles. The topological polar surface area (TPSA) is 112 Å². The van der Waals surface area contributed by atoms with Gasteiger partial charge in [-0.15, -0.1) is 10.2 Å². The number of nitrogens with one attached hydrogen (secondary N) is 1. The Morgan fingerprint density at radius 2 is 1.64 bits per heavy atom. The predicted molar refractivity (Wildman–Crippen MR) is 82.5 cm³/mol. The third kappa shape index (κ3) is 8.68. The minimum Gasteiger partial charge on any atom is -0.481 e. The van der Waals surface area contributed by atoms with Crippen molar-refractivity contribution in [3.05, 3.63) is 10.0 Å². The predicted octanol–water partition coefficient (Wildman–Crippen LogP) is 1.50. The van der Waals surface area contributed by atoms with Crippen molar-refractivity contribution in [2.45, 2.75) is 57.9 Å². The van der Waals surface area contributed by atoms with Crippen LogP contribution < -0.4 is 5.32 Å². The van der Waals surface area contributed by atoms with Crippen LogP contribution >= 0.6 is 11.3 Å². The maximum Gasteiger partial charge on any atom is 0.303 e. The van der Waals surface area contributed by atoms with Crippen molar-refractivity contribution in [3.8, 4) is 0 Å². The van der Waals surface area contributed by atoms with Crippen LogP contribution in [0.1, 0.15) is 55.0 Å². The first-order chi connectivity index (χ1) is 10.6. The number of carboxylic acids is 1. The molecule has 0 fully saturated rings. The average Bonchev–Trinajstić information content (AvgIpc) is 2.92. The first-order valence-corrected chi connectivity index (χ1v) is 8.34. The van der Waals surface area contributed by atoms with E-state index in [0.29, 0.717) is 25.8 Å². The lowest BCUT2D eigenvalue weighted by atomic mass is 10.1. The summed E-state index contributed by atoms with van der Waals surface area (Å²) < 4.78 is 0. The highest BCUT2D eigenvalue weighted by molar-refractivity contribution is 7.11. The van der Waals surface area contributed by atoms with Crippen LogP contribution in [0.5, 0.6) is 0 Å². The standard InChI is InChI=1S/C14H23N3O4S/c18-9-8-12-16-17-13(22-12)10-15-11(19)6-4-2-1-3-5-7-14(20)21/h18H,1-10H2,(H,15,19)(H,20,21). The number of aliphatic carboxylic acids is 1. The van der Waals surface area contributed by atoms with Gasteiger partial charge in [0.05, 0.1) is 6.54 Å². The van der Waals surface area contributed by atoms with Gasteiger partial charge in [-0.2, -0.15) is 0 Å². The Hall–Kier alpha value is -1.54. The summed E-state index contributed by atoms with van der Waals surface area (Å²) in [6.45, 7) is 0.425. The lowest BCUT2D eigenvalue weighted by Crippen LogP contribution is -2.22. The number of hydrogen-bond acceptors (Lipinski definition) is 6. The summed E-state index contributed by atoms with van der Waals surface area (Å²) in [5.41, 5.74) is 0. The fourth-order valence-corrected chi connectivity index (χ4v) is 2.68. The summed E-state index contributed by atoms with van der Waals surface area (Å²) >= 11 is 1.39. The molecule has 0 aliphatic heterocycles. The van der Waals surface area contributed by atoms with E-state index in [1.54, 1.807) is 0 Å². The summed E-state index contributed by atoms with van der Waals surface area (Å²) in [5.74, 6) is -0.761. The van der Waals surface area contributed by atoms with E-state index in [0.717, 1.165) is 35.7 Å². The molecule has 124 valence electrons. The molecule has 1 heterocycles. The molecule has 0 aromatic carbocycles. The van der Waals surface area contributed by atoms with Gasteiger partial charge in [-0.25, -0.2) is 0 Å². The summed E-state index contributed by atoms with van der Waals surface area (Å²) in [6.07, 6.45) is 5.50. The van der Waals surface area contributed by atoms with Gasteiger partial charge in [0.15, 0.2) is 0 Å². The van der Waals surface area contributed by atoms with E-state index in [4.69, 9.17) is 10.2 Å². The van der Waals surface area contributed by atoms with E-state index in [9.17, 15) is 9.59 Å². The first-order valence-electron chi connectivity index (χ1n) is 7.52. The van der Waals surface area contributed by atoms with Crippen molar-refractivity contribution < 1.29 is 19.8 Å². The summed E-state index contributed by atoms with van der Waals surface area (Å²) in [5, 5.41) is 29.5. The van der Waals surface area contributed by atoms with Crippen LogP contribution in [0.3, 0.4) is 0 Å². The molecule has 0 radical (unpaired) electrons. The lowest BCUT2D eigenvalue weighted by Gasteiger charge is -2.03. The third-order valence-corrected chi connectivity index (χ3v) is 4.05. The van der Waals surface area contributed by atoms with Gasteiger partial charge in [-0.3, -0.25) is 9.59 Å². The number of amides is 1. The van der Waals surface area contributed by atoms with Crippen molar-refractivity contribution in [1.29, 1.82) is 0 Å². The molecule has 0 unspecified atom stereocenters. The molecule has 3 N–H and O–H groups in total. The number of carbonyl (C=O) groups is 2. The smallest absolute Gasteiger partial charge is 0.303 e. The van der Waals surface area contributed by atoms with E-state index >= 15 is 0 Å². The maximum atomic E-state index is 11.7. The maximum absolute atomic E-state index is 11.7. The lowest BCUT2D eigenvalue weighted by molar-refractivity contribution is -0.137. The van der Waals surface area contributed by atoms with Crippen LogP contribution in [-0.4, -0.2) is 38.9 Å². The van der Waals surface area contributed by atoms with Crippen LogP contribution in [0.2, 0.25) is 0 Å². The van der Waals surface area contributed by atoms with Gasteiger partial charge in [0, 0.05) is 25.9 Å². The average molecular weight is 329 g/mol. The van der Waals surface area contributed by atoms with Crippen LogP contribution in [0.25, 0.3) is 0 Å². The van der Waals surface area contributed by atoms with Crippen molar-refractivity contribution in [2.24, 2.45) is 0 Å². The minimum atomic E-state index is -0.752. The van der Waals surface area contributed by atoms with Crippen LogP contribution in [0, 0.1) is 0 Å². The number of nitrogens with zero attached hydrogens (tertiary/aromatic N) is 2. The summed E-state index contributed by atoms with van der Waals surface area (Å²) in [7, 11) is 0. The van der Waals surface area contributed by atoms with Gasteiger partial charge >= 0.3 is 5.97 Å². The normalized spacial score (nSPS) is 10.6. The number of aliphatic hydroxyl groups excluding tert-OH is 1. The monoisotopic (exact) mass is 329 g/mol. The Kier molecular flexibility index (Phi) is 9.33. The van der Waals surface area contributed by atoms with Crippen LogP contribution in [0.4, 0.5) is 0 Å². The molecular formula is C14H23N3O4S. The van der Waals surface area contributed by atoms with Gasteiger partial charge in [-0.05, 0) is 12.8 Å². The molecule has 0 aliphatic rings. The molecular weight excluding hydrogens is 306 g/mol. The largest absolute Gasteiger partial charge is 0.481 e. The van der Waals surface area contributed by atoms with E-state index in [-0.39, 0.29) is 18.9 Å². The van der Waals surface area contributed by atoms with Crippen LogP contribution in [0.15, 0.2) is 0 Å². The molecule has 22 heavy (non-hydrogen) atoms. The molecule has 1 amide bonds. The Bertz CT molecular complexity index is 465. The molecule has 0 saturated heterocycles. The fraction of sp³-hybridized carbons (Fsp3) is 0.714. The minimum absolute atomic E-state index is 0.00977. The molecule has 7 nitrogen and oxygen atoms in total. The number of unbranched alkanes of at least 4 members (excludes halogenated alkanes) is 4. The zero-order chi connectivity index (χ0) is 16.2. The molecule has 0 atom stereocenters. The molecule has 1 rings (SSSR count). The number of aromatic nitrogens is 2. The fourth-order valence-electron chi connectivity index (χ4n) is 1.91. The Labute approximate surface area is 133 Å². The third-order valence-electron chi connectivity index (χ3n) is 3.07. The van der Waals surface area contributed by atoms with Crippen molar-refractivity contribution in [2.75, 3.05) is 6.61 Å². The Morgan fingerprint density at radius 1 is 1.00 bits per heavy atom. The van der Waals surface area contributed by atoms with E-state index < -0.39 is 5.97 Å². The van der Waals surface area contributed by atoms with Crippen molar-refractivity contribution >= 4 is 23.2 Å². The zero-order valence-electron chi connectivity index (χ0n) is 12.6. The van der Waals surface area contributed by atoms with Crippen molar-refractivity contribution in [1.82, 2.24) is 15.5 Å². The second kappa shape index (κ2) is 11.1. The summed E-state index contributed by atoms with van der Waals surface area (Å²) in [6, 6.07) is 0. The Morgan fingerprint density at radius 3 is 2.32 bits per heavy atom. The second-order valence-electron chi connectivity index (χ2n) is 5.00. The van der Waals surface area contributed by atoms with Crippen LogP contribution in [-0.2, 0) is 22.6 Å². The number of carboxylic acid groups (broad SMARTS) is 1. The van der Waals surface area contributed by atoms with E-state index in [2.05, 4.69) is 15.5 Å². The number of hydrogen-bond donors (Lipinski definition) is 3. The SMILES string of the molecule is O=C(O)CCCCCCCC(=O)NCc1nnc(CCO)s1. The van der Waals surface area contributed by atoms with Gasteiger partial charge in [0.2, 0.25) is 5.91 Å². The highest BCUT2D eigenvalue weighted by atomic mass is 32.1. The number of carbonyl (C=O) groups excluding carboxylic acids is 1. The van der Waals surface area contributed by atoms with Gasteiger partial charge in [-0.1, -0.05) is 30.6 Å². The highest BCUT2D eigenvalue weighted by Crippen LogP contribution is 2.10. The molecule has 8 heteroatoms. The highest BCUT2D eigenvalue weighted by Gasteiger charge is 2.06. The number of rotatable bonds is 12. The molecule has 0 saturated carbocycles. The second-order valence-corrected chi connectivity index (χ2v) is 6.15. The van der Waals surface area contributed by atoms with E-state index in [1.165, 1.54) is 11.3 Å². The molecule has 1 aromatic rings. The van der Waals surface area contributed by atoms with E-state index in [1.807, 2.05) is 0 Å². The quantitative estimate of drug-likeness (QED) is 0.501. The van der Waals surface area contributed by atoms with Crippen molar-refractivity contribution in [3.63, 3.8) is 0 Å². The van der Waals surface area contributed by atoms with Gasteiger partial charge in [0.25, 0.3) is 0 Å². The zero-order valence-corrected chi connectivity index (χ0v) is 13.4. The molecule has 0 bridgehead atoms. The molecule has 0 spiro atoms. The first kappa shape index (κ1) is 18.5.